The minimum Gasteiger partial charge on any atom is -0.462 e. The lowest BCUT2D eigenvalue weighted by Gasteiger charge is -2.14. The van der Waals surface area contributed by atoms with E-state index in [-0.39, 0.29) is 13.0 Å². The van der Waals surface area contributed by atoms with Gasteiger partial charge in [0.2, 0.25) is 0 Å². The summed E-state index contributed by atoms with van der Waals surface area (Å²) in [5.41, 5.74) is 1.92. The van der Waals surface area contributed by atoms with Crippen LogP contribution in [-0.4, -0.2) is 29.5 Å². The third kappa shape index (κ3) is 6.93. The van der Waals surface area contributed by atoms with Gasteiger partial charge in [0.15, 0.2) is 4.34 Å². The standard InChI is InChI=1S/C27H23NO6S2/c1-2-32-25(30)19-13-14-23-22(16-19)28-27(35-23)36-34-26(31)20(15-18-9-5-3-6-10-18)17-24(29)33-21-11-7-4-8-12-21/h3-14,16,20H,2,15,17H2,1H3. The maximum absolute atomic E-state index is 13.0. The zero-order valence-corrected chi connectivity index (χ0v) is 21.1. The summed E-state index contributed by atoms with van der Waals surface area (Å²) < 4.78 is 17.2. The number of aromatic nitrogens is 1. The minimum atomic E-state index is -0.735. The van der Waals surface area contributed by atoms with Gasteiger partial charge in [-0.2, -0.15) is 0 Å². The van der Waals surface area contributed by atoms with Gasteiger partial charge in [-0.05, 0) is 49.2 Å². The molecule has 0 radical (unpaired) electrons. The molecule has 0 N–H and O–H groups in total. The minimum absolute atomic E-state index is 0.133. The number of para-hydroxylation sites is 1. The quantitative estimate of drug-likeness (QED) is 0.145. The first kappa shape index (κ1) is 25.4. The van der Waals surface area contributed by atoms with Gasteiger partial charge < -0.3 is 13.7 Å². The van der Waals surface area contributed by atoms with Crippen molar-refractivity contribution < 1.29 is 28.0 Å². The third-order valence-electron chi connectivity index (χ3n) is 5.12. The summed E-state index contributed by atoms with van der Waals surface area (Å²) in [6, 6.07) is 23.2. The molecule has 9 heteroatoms. The van der Waals surface area contributed by atoms with Crippen molar-refractivity contribution in [3.05, 3.63) is 90.0 Å². The second-order valence-corrected chi connectivity index (χ2v) is 9.76. The molecule has 7 nitrogen and oxygen atoms in total. The molecule has 1 unspecified atom stereocenters. The summed E-state index contributed by atoms with van der Waals surface area (Å²) >= 11 is 2.17. The number of rotatable bonds is 10. The largest absolute Gasteiger partial charge is 0.462 e. The molecule has 4 aromatic rings. The van der Waals surface area contributed by atoms with Crippen LogP contribution in [0, 0.1) is 5.92 Å². The Bertz CT molecular complexity index is 1340. The van der Waals surface area contributed by atoms with Gasteiger partial charge in [0.1, 0.15) is 17.8 Å². The molecular formula is C27H23NO6S2. The molecule has 3 aromatic carbocycles. The van der Waals surface area contributed by atoms with Crippen molar-refractivity contribution in [2.75, 3.05) is 6.61 Å². The maximum atomic E-state index is 13.0. The molecule has 0 bridgehead atoms. The van der Waals surface area contributed by atoms with E-state index in [1.807, 2.05) is 36.4 Å². The second kappa shape index (κ2) is 12.3. The molecule has 0 amide bonds. The Morgan fingerprint density at radius 2 is 1.69 bits per heavy atom. The molecule has 1 aromatic heterocycles. The number of carbonyl (C=O) groups excluding carboxylic acids is 3. The molecule has 4 rings (SSSR count). The molecule has 0 saturated heterocycles. The van der Waals surface area contributed by atoms with Crippen LogP contribution in [0.1, 0.15) is 29.3 Å². The highest BCUT2D eigenvalue weighted by molar-refractivity contribution is 7.97. The highest BCUT2D eigenvalue weighted by Crippen LogP contribution is 2.32. The number of thiazole rings is 1. The molecule has 0 aliphatic carbocycles. The molecule has 184 valence electrons. The van der Waals surface area contributed by atoms with Gasteiger partial charge in [0.05, 0.1) is 34.7 Å². The van der Waals surface area contributed by atoms with Crippen molar-refractivity contribution in [3.8, 4) is 5.75 Å². The van der Waals surface area contributed by atoms with E-state index < -0.39 is 23.8 Å². The smallest absolute Gasteiger partial charge is 0.338 e. The van der Waals surface area contributed by atoms with Gasteiger partial charge in [0, 0.05) is 0 Å². The average Bonchev–Trinajstić information content (AvgIpc) is 3.30. The molecule has 1 atom stereocenters. The SMILES string of the molecule is CCOC(=O)c1ccc2sc(SOC(=O)C(CC(=O)Oc3ccccc3)Cc3ccccc3)nc2c1. The number of nitrogens with zero attached hydrogens (tertiary/aromatic N) is 1. The van der Waals surface area contributed by atoms with Gasteiger partial charge in [-0.15, -0.1) is 11.3 Å². The summed E-state index contributed by atoms with van der Waals surface area (Å²) in [5, 5.41) is 0. The molecule has 0 aliphatic heterocycles. The first-order chi connectivity index (χ1) is 17.5. The van der Waals surface area contributed by atoms with Crippen molar-refractivity contribution in [3.63, 3.8) is 0 Å². The summed E-state index contributed by atoms with van der Waals surface area (Å²) in [6.45, 7) is 2.03. The zero-order chi connectivity index (χ0) is 25.3. The highest BCUT2D eigenvalue weighted by Gasteiger charge is 2.26. The Kier molecular flexibility index (Phi) is 8.70. The molecule has 0 saturated carbocycles. The maximum Gasteiger partial charge on any atom is 0.338 e. The van der Waals surface area contributed by atoms with Gasteiger partial charge in [0.25, 0.3) is 0 Å². The summed E-state index contributed by atoms with van der Waals surface area (Å²) in [6.07, 6.45) is 0.193. The van der Waals surface area contributed by atoms with Gasteiger partial charge in [-0.25, -0.2) is 9.78 Å². The van der Waals surface area contributed by atoms with Crippen LogP contribution < -0.4 is 4.74 Å². The molecular weight excluding hydrogens is 498 g/mol. The summed E-state index contributed by atoms with van der Waals surface area (Å²) in [4.78, 5) is 42.0. The second-order valence-electron chi connectivity index (χ2n) is 7.75. The number of esters is 2. The first-order valence-electron chi connectivity index (χ1n) is 11.3. The van der Waals surface area contributed by atoms with E-state index >= 15 is 0 Å². The molecule has 0 aliphatic rings. The molecule has 1 heterocycles. The van der Waals surface area contributed by atoms with Crippen molar-refractivity contribution in [2.24, 2.45) is 5.92 Å². The van der Waals surface area contributed by atoms with Crippen molar-refractivity contribution in [1.29, 1.82) is 0 Å². The van der Waals surface area contributed by atoms with Gasteiger partial charge in [-0.1, -0.05) is 48.5 Å². The number of hydrogen-bond acceptors (Lipinski definition) is 9. The topological polar surface area (TPSA) is 91.8 Å². The highest BCUT2D eigenvalue weighted by atomic mass is 32.2. The fourth-order valence-electron chi connectivity index (χ4n) is 3.43. The number of ether oxygens (including phenoxy) is 2. The van der Waals surface area contributed by atoms with E-state index in [4.69, 9.17) is 13.7 Å². The molecule has 0 spiro atoms. The van der Waals surface area contributed by atoms with Crippen LogP contribution in [0.15, 0.2) is 83.2 Å². The van der Waals surface area contributed by atoms with Crippen molar-refractivity contribution >= 4 is 51.5 Å². The molecule has 36 heavy (non-hydrogen) atoms. The fraction of sp³-hybridized carbons (Fsp3) is 0.185. The first-order valence-corrected chi connectivity index (χ1v) is 12.8. The summed E-state index contributed by atoms with van der Waals surface area (Å²) in [7, 11) is 0. The van der Waals surface area contributed by atoms with Crippen LogP contribution in [0.4, 0.5) is 0 Å². The van der Waals surface area contributed by atoms with Gasteiger partial charge in [-0.3, -0.25) is 9.59 Å². The Morgan fingerprint density at radius 3 is 2.42 bits per heavy atom. The normalized spacial score (nSPS) is 11.6. The van der Waals surface area contributed by atoms with Crippen LogP contribution in [-0.2, 0) is 24.9 Å². The lowest BCUT2D eigenvalue weighted by atomic mass is 9.96. The Labute approximate surface area is 216 Å². The molecule has 0 fully saturated rings. The van der Waals surface area contributed by atoms with Crippen LogP contribution in [0.25, 0.3) is 10.2 Å². The van der Waals surface area contributed by atoms with Crippen molar-refractivity contribution in [1.82, 2.24) is 4.98 Å². The van der Waals surface area contributed by atoms with Crippen LogP contribution in [0.2, 0.25) is 0 Å². The number of carbonyl (C=O) groups is 3. The Balaban J connectivity index is 1.43. The monoisotopic (exact) mass is 521 g/mol. The Hall–Kier alpha value is -3.69. The van der Waals surface area contributed by atoms with E-state index in [1.165, 1.54) is 11.3 Å². The number of benzene rings is 3. The van der Waals surface area contributed by atoms with Gasteiger partial charge >= 0.3 is 17.9 Å². The predicted molar refractivity (Wildman–Crippen MR) is 138 cm³/mol. The number of hydrogen-bond donors (Lipinski definition) is 0. The number of fused-ring (bicyclic) bond motifs is 1. The van der Waals surface area contributed by atoms with E-state index in [1.54, 1.807) is 49.4 Å². The van der Waals surface area contributed by atoms with Crippen LogP contribution in [0.3, 0.4) is 0 Å². The van der Waals surface area contributed by atoms with Crippen LogP contribution in [0.5, 0.6) is 5.75 Å². The lowest BCUT2D eigenvalue weighted by molar-refractivity contribution is -0.144. The zero-order valence-electron chi connectivity index (χ0n) is 19.4. The average molecular weight is 522 g/mol. The lowest BCUT2D eigenvalue weighted by Crippen LogP contribution is -2.24. The predicted octanol–water partition coefficient (Wildman–Crippen LogP) is 5.88. The van der Waals surface area contributed by atoms with E-state index in [9.17, 15) is 14.4 Å². The fourth-order valence-corrected chi connectivity index (χ4v) is 5.04. The van der Waals surface area contributed by atoms with E-state index in [0.717, 1.165) is 22.3 Å². The van der Waals surface area contributed by atoms with E-state index in [0.29, 0.717) is 27.6 Å². The summed E-state index contributed by atoms with van der Waals surface area (Å²) in [5.74, 6) is -1.80. The van der Waals surface area contributed by atoms with Crippen LogP contribution >= 0.6 is 23.4 Å². The van der Waals surface area contributed by atoms with E-state index in [2.05, 4.69) is 4.98 Å². The Morgan fingerprint density at radius 1 is 0.972 bits per heavy atom. The van der Waals surface area contributed by atoms with Crippen molar-refractivity contribution in [2.45, 2.75) is 24.1 Å². The third-order valence-corrected chi connectivity index (χ3v) is 6.89.